The Morgan fingerprint density at radius 1 is 1.26 bits per heavy atom. The van der Waals surface area contributed by atoms with Gasteiger partial charge in [-0.15, -0.1) is 0 Å². The zero-order valence-corrected chi connectivity index (χ0v) is 15.0. The number of aliphatic imine (C=N–C) groups is 1. The van der Waals surface area contributed by atoms with Crippen molar-refractivity contribution < 1.29 is 32.5 Å². The molecule has 0 aliphatic carbocycles. The van der Waals surface area contributed by atoms with Crippen LogP contribution < -0.4 is 30.2 Å². The van der Waals surface area contributed by atoms with Crippen LogP contribution in [-0.4, -0.2) is 59.1 Å². The summed E-state index contributed by atoms with van der Waals surface area (Å²) in [5.41, 5.74) is 0.423. The normalized spacial score (nSPS) is 12.9. The lowest BCUT2D eigenvalue weighted by Gasteiger charge is -2.15. The highest BCUT2D eigenvalue weighted by Crippen LogP contribution is 2.38. The number of carbonyl (C=O) groups excluding carboxylic acids is 1. The largest absolute Gasteiger partial charge is 0.454 e. The number of rotatable bonds is 9. The van der Waals surface area contributed by atoms with Crippen LogP contribution in [0.15, 0.2) is 17.1 Å². The van der Waals surface area contributed by atoms with E-state index >= 15 is 0 Å². The topological polar surface area (TPSA) is 102 Å². The molecule has 150 valence electrons. The van der Waals surface area contributed by atoms with Crippen LogP contribution >= 0.6 is 0 Å². The summed E-state index contributed by atoms with van der Waals surface area (Å²) in [6.07, 6.45) is 0. The third-order valence-corrected chi connectivity index (χ3v) is 3.49. The van der Waals surface area contributed by atoms with Gasteiger partial charge in [-0.1, -0.05) is 0 Å². The number of hydrogen-bond donors (Lipinski definition) is 3. The zero-order chi connectivity index (χ0) is 19.6. The van der Waals surface area contributed by atoms with Crippen LogP contribution in [-0.2, 0) is 16.1 Å². The van der Waals surface area contributed by atoms with Crippen molar-refractivity contribution >= 4 is 11.9 Å². The molecule has 0 radical (unpaired) electrons. The van der Waals surface area contributed by atoms with Gasteiger partial charge in [0.05, 0.1) is 13.2 Å². The lowest BCUT2D eigenvalue weighted by molar-refractivity contribution is -0.120. The Balaban J connectivity index is 1.92. The van der Waals surface area contributed by atoms with E-state index in [4.69, 9.17) is 14.2 Å². The molecule has 0 aromatic heterocycles. The van der Waals surface area contributed by atoms with Gasteiger partial charge in [0.15, 0.2) is 17.5 Å². The fraction of sp³-hybridized carbons (Fsp3) is 0.500. The van der Waals surface area contributed by atoms with Gasteiger partial charge in [-0.2, -0.15) is 8.78 Å². The van der Waals surface area contributed by atoms with Gasteiger partial charge in [0.2, 0.25) is 12.7 Å². The summed E-state index contributed by atoms with van der Waals surface area (Å²) in [5, 5.41) is 8.40. The van der Waals surface area contributed by atoms with Crippen molar-refractivity contribution in [2.24, 2.45) is 4.99 Å². The van der Waals surface area contributed by atoms with E-state index < -0.39 is 6.61 Å². The van der Waals surface area contributed by atoms with E-state index in [-0.39, 0.29) is 31.5 Å². The van der Waals surface area contributed by atoms with Gasteiger partial charge >= 0.3 is 6.61 Å². The van der Waals surface area contributed by atoms with Crippen molar-refractivity contribution in [1.82, 2.24) is 16.0 Å². The van der Waals surface area contributed by atoms with Crippen LogP contribution in [0.4, 0.5) is 8.78 Å². The van der Waals surface area contributed by atoms with E-state index in [0.29, 0.717) is 36.2 Å². The van der Waals surface area contributed by atoms with Crippen molar-refractivity contribution in [1.29, 1.82) is 0 Å². The van der Waals surface area contributed by atoms with Gasteiger partial charge in [-0.05, 0) is 6.07 Å². The van der Waals surface area contributed by atoms with Crippen LogP contribution in [0.1, 0.15) is 5.56 Å². The fourth-order valence-corrected chi connectivity index (χ4v) is 2.23. The number of guanidine groups is 1. The van der Waals surface area contributed by atoms with Crippen molar-refractivity contribution in [3.05, 3.63) is 17.7 Å². The number of alkyl halides is 2. The summed E-state index contributed by atoms with van der Waals surface area (Å²) in [6, 6.07) is 2.91. The second-order valence-corrected chi connectivity index (χ2v) is 5.31. The molecule has 27 heavy (non-hydrogen) atoms. The standard InChI is InChI=1S/C16H22F2N4O5/c1-19-16(22-8-14(23)20-3-4-24-2)21-7-10-5-12-13(26-9-25-12)6-11(10)27-15(17)18/h5-6,15H,3-4,7-9H2,1-2H3,(H,20,23)(H2,19,21,22). The first-order valence-electron chi connectivity index (χ1n) is 8.11. The molecule has 1 aromatic carbocycles. The number of carbonyl (C=O) groups is 1. The Morgan fingerprint density at radius 3 is 2.67 bits per heavy atom. The van der Waals surface area contributed by atoms with Crippen LogP contribution in [0.25, 0.3) is 0 Å². The number of fused-ring (bicyclic) bond motifs is 1. The molecule has 0 fully saturated rings. The molecule has 9 nitrogen and oxygen atoms in total. The average Bonchev–Trinajstić information content (AvgIpc) is 3.08. The summed E-state index contributed by atoms with van der Waals surface area (Å²) in [4.78, 5) is 15.6. The summed E-state index contributed by atoms with van der Waals surface area (Å²) in [5.74, 6) is 0.824. The quantitative estimate of drug-likeness (QED) is 0.321. The van der Waals surface area contributed by atoms with Crippen molar-refractivity contribution in [3.63, 3.8) is 0 Å². The maximum atomic E-state index is 12.7. The molecule has 11 heteroatoms. The van der Waals surface area contributed by atoms with Crippen LogP contribution in [0, 0.1) is 0 Å². The summed E-state index contributed by atoms with van der Waals surface area (Å²) in [6.45, 7) is -2.04. The minimum absolute atomic E-state index is 0.00901. The lowest BCUT2D eigenvalue weighted by Crippen LogP contribution is -2.43. The number of amides is 1. The molecule has 1 heterocycles. The molecule has 0 bridgehead atoms. The van der Waals surface area contributed by atoms with Gasteiger partial charge in [-0.3, -0.25) is 9.79 Å². The first kappa shape index (κ1) is 20.5. The Hall–Kier alpha value is -2.82. The van der Waals surface area contributed by atoms with Crippen molar-refractivity contribution in [2.75, 3.05) is 40.6 Å². The van der Waals surface area contributed by atoms with Gasteiger partial charge in [0.1, 0.15) is 5.75 Å². The minimum atomic E-state index is -2.97. The average molecular weight is 388 g/mol. The maximum absolute atomic E-state index is 12.7. The molecular formula is C16H22F2N4O5. The second kappa shape index (κ2) is 10.4. The molecule has 3 N–H and O–H groups in total. The number of methoxy groups -OCH3 is 1. The highest BCUT2D eigenvalue weighted by atomic mass is 19.3. The number of nitrogens with one attached hydrogen (secondary N) is 3. The molecule has 1 amide bonds. The Kier molecular flexibility index (Phi) is 7.86. The molecule has 1 aliphatic heterocycles. The monoisotopic (exact) mass is 388 g/mol. The highest BCUT2D eigenvalue weighted by Gasteiger charge is 2.20. The highest BCUT2D eigenvalue weighted by molar-refractivity contribution is 5.86. The number of nitrogens with zero attached hydrogens (tertiary/aromatic N) is 1. The second-order valence-electron chi connectivity index (χ2n) is 5.31. The van der Waals surface area contributed by atoms with Crippen LogP contribution in [0.5, 0.6) is 17.2 Å². The van der Waals surface area contributed by atoms with Gasteiger partial charge < -0.3 is 34.9 Å². The predicted molar refractivity (Wildman–Crippen MR) is 92.3 cm³/mol. The van der Waals surface area contributed by atoms with Crippen molar-refractivity contribution in [2.45, 2.75) is 13.2 Å². The minimum Gasteiger partial charge on any atom is -0.454 e. The molecule has 2 rings (SSSR count). The SMILES string of the molecule is CN=C(NCC(=O)NCCOC)NCc1cc2c(cc1OC(F)F)OCO2. The first-order chi connectivity index (χ1) is 13.0. The Labute approximate surface area is 155 Å². The van der Waals surface area contributed by atoms with E-state index in [1.807, 2.05) is 0 Å². The number of ether oxygens (including phenoxy) is 4. The van der Waals surface area contributed by atoms with E-state index in [9.17, 15) is 13.6 Å². The third-order valence-electron chi connectivity index (χ3n) is 3.49. The van der Waals surface area contributed by atoms with Gasteiger partial charge in [0.25, 0.3) is 0 Å². The van der Waals surface area contributed by atoms with E-state index in [2.05, 4.69) is 25.7 Å². The Morgan fingerprint density at radius 2 is 2.00 bits per heavy atom. The molecular weight excluding hydrogens is 366 g/mol. The lowest BCUT2D eigenvalue weighted by atomic mass is 10.1. The van der Waals surface area contributed by atoms with Gasteiger partial charge in [-0.25, -0.2) is 0 Å². The number of benzene rings is 1. The molecule has 0 atom stereocenters. The number of hydrogen-bond acceptors (Lipinski definition) is 6. The van der Waals surface area contributed by atoms with Crippen molar-refractivity contribution in [3.8, 4) is 17.2 Å². The summed E-state index contributed by atoms with van der Waals surface area (Å²) < 4.78 is 45.1. The van der Waals surface area contributed by atoms with Gasteiger partial charge in [0, 0.05) is 38.9 Å². The number of halogens is 2. The Bertz CT molecular complexity index is 672. The molecule has 0 saturated carbocycles. The smallest absolute Gasteiger partial charge is 0.387 e. The molecule has 0 unspecified atom stereocenters. The summed E-state index contributed by atoms with van der Waals surface area (Å²) >= 11 is 0. The fourth-order valence-electron chi connectivity index (χ4n) is 2.23. The van der Waals surface area contributed by atoms with E-state index in [1.165, 1.54) is 20.2 Å². The maximum Gasteiger partial charge on any atom is 0.387 e. The molecule has 0 spiro atoms. The third kappa shape index (κ3) is 6.44. The van der Waals surface area contributed by atoms with Crippen LogP contribution in [0.2, 0.25) is 0 Å². The van der Waals surface area contributed by atoms with E-state index in [1.54, 1.807) is 6.07 Å². The van der Waals surface area contributed by atoms with E-state index in [0.717, 1.165) is 0 Å². The predicted octanol–water partition coefficient (Wildman–Crippen LogP) is 0.444. The molecule has 1 aromatic rings. The first-order valence-corrected chi connectivity index (χ1v) is 8.11. The zero-order valence-electron chi connectivity index (χ0n) is 15.0. The van der Waals surface area contributed by atoms with Crippen LogP contribution in [0.3, 0.4) is 0 Å². The molecule has 0 saturated heterocycles. The molecule has 1 aliphatic rings. The summed E-state index contributed by atoms with van der Waals surface area (Å²) in [7, 11) is 3.06.